The van der Waals surface area contributed by atoms with Crippen LogP contribution in [0, 0.1) is 0 Å². The lowest BCUT2D eigenvalue weighted by Gasteiger charge is -2.25. The van der Waals surface area contributed by atoms with E-state index in [2.05, 4.69) is 5.32 Å². The highest BCUT2D eigenvalue weighted by atomic mass is 35.5. The van der Waals surface area contributed by atoms with Crippen LogP contribution in [-0.2, 0) is 10.5 Å². The minimum atomic E-state index is -0.954. The first-order chi connectivity index (χ1) is 8.49. The summed E-state index contributed by atoms with van der Waals surface area (Å²) in [7, 11) is 0. The molecule has 18 heavy (non-hydrogen) atoms. The fourth-order valence-corrected chi connectivity index (χ4v) is 3.20. The molecule has 1 amide bonds. The highest BCUT2D eigenvalue weighted by molar-refractivity contribution is 7.99. The summed E-state index contributed by atoms with van der Waals surface area (Å²) < 4.78 is 0.739. The summed E-state index contributed by atoms with van der Waals surface area (Å²) >= 11 is 8.76. The molecular formula is C11H16ClNO3S2. The Kier molecular flexibility index (Phi) is 6.45. The number of aliphatic hydroxyl groups excluding tert-OH is 2. The molecule has 0 aliphatic rings. The maximum Gasteiger partial charge on any atom is 0.230 e. The van der Waals surface area contributed by atoms with E-state index in [1.807, 2.05) is 12.1 Å². The van der Waals surface area contributed by atoms with Crippen molar-refractivity contribution in [3.63, 3.8) is 0 Å². The lowest BCUT2D eigenvalue weighted by atomic mass is 10.1. The number of thioether (sulfide) groups is 1. The molecule has 0 aliphatic heterocycles. The molecule has 0 fully saturated rings. The van der Waals surface area contributed by atoms with E-state index in [9.17, 15) is 4.79 Å². The predicted octanol–water partition coefficient (Wildman–Crippen LogP) is 1.49. The molecule has 0 aliphatic carbocycles. The molecule has 1 aromatic rings. The minimum absolute atomic E-state index is 0.201. The number of aliphatic hydroxyl groups is 2. The van der Waals surface area contributed by atoms with Gasteiger partial charge in [-0.1, -0.05) is 11.6 Å². The van der Waals surface area contributed by atoms with E-state index in [4.69, 9.17) is 21.8 Å². The standard InChI is InChI=1S/C11H16ClNO3S2/c1-11(6-14,7-15)13-10(16)5-17-4-8-2-3-9(12)18-8/h2-3,14-15H,4-7H2,1H3,(H,13,16). The summed E-state index contributed by atoms with van der Waals surface area (Å²) in [6.07, 6.45) is 0. The summed E-state index contributed by atoms with van der Waals surface area (Å²) in [4.78, 5) is 12.7. The largest absolute Gasteiger partial charge is 0.394 e. The smallest absolute Gasteiger partial charge is 0.230 e. The van der Waals surface area contributed by atoms with Gasteiger partial charge in [-0.15, -0.1) is 23.1 Å². The molecule has 0 saturated carbocycles. The molecule has 0 bridgehead atoms. The second-order valence-electron chi connectivity index (χ2n) is 4.12. The van der Waals surface area contributed by atoms with Crippen molar-refractivity contribution in [3.8, 4) is 0 Å². The summed E-state index contributed by atoms with van der Waals surface area (Å²) in [6, 6.07) is 3.76. The highest BCUT2D eigenvalue weighted by Gasteiger charge is 2.24. The first-order valence-corrected chi connectivity index (χ1v) is 7.69. The second kappa shape index (κ2) is 7.35. The van der Waals surface area contributed by atoms with Crippen LogP contribution in [0.1, 0.15) is 11.8 Å². The van der Waals surface area contributed by atoms with Gasteiger partial charge in [-0.3, -0.25) is 4.79 Å². The minimum Gasteiger partial charge on any atom is -0.394 e. The van der Waals surface area contributed by atoms with Crippen molar-refractivity contribution < 1.29 is 15.0 Å². The van der Waals surface area contributed by atoms with Crippen LogP contribution in [0.25, 0.3) is 0 Å². The number of carbonyl (C=O) groups is 1. The number of halogens is 1. The molecule has 1 heterocycles. The van der Waals surface area contributed by atoms with E-state index in [0.29, 0.717) is 0 Å². The Balaban J connectivity index is 2.29. The van der Waals surface area contributed by atoms with Crippen LogP contribution < -0.4 is 5.32 Å². The fourth-order valence-electron chi connectivity index (χ4n) is 1.18. The van der Waals surface area contributed by atoms with Crippen LogP contribution >= 0.6 is 34.7 Å². The average Bonchev–Trinajstić information content (AvgIpc) is 2.75. The van der Waals surface area contributed by atoms with Crippen LogP contribution in [0.15, 0.2) is 12.1 Å². The van der Waals surface area contributed by atoms with E-state index in [0.717, 1.165) is 15.0 Å². The van der Waals surface area contributed by atoms with Crippen molar-refractivity contribution >= 4 is 40.6 Å². The number of thiophene rings is 1. The maximum absolute atomic E-state index is 11.6. The molecule has 102 valence electrons. The summed E-state index contributed by atoms with van der Waals surface area (Å²) in [5, 5.41) is 20.7. The van der Waals surface area contributed by atoms with Gasteiger partial charge in [0, 0.05) is 10.6 Å². The predicted molar refractivity (Wildman–Crippen MR) is 76.2 cm³/mol. The summed E-state index contributed by atoms with van der Waals surface area (Å²) in [5.74, 6) is 0.804. The molecule has 1 aromatic heterocycles. The van der Waals surface area contributed by atoms with E-state index in [1.165, 1.54) is 23.1 Å². The molecule has 3 N–H and O–H groups in total. The second-order valence-corrected chi connectivity index (χ2v) is 6.91. The van der Waals surface area contributed by atoms with Gasteiger partial charge in [-0.2, -0.15) is 0 Å². The normalized spacial score (nSPS) is 11.6. The van der Waals surface area contributed by atoms with Crippen LogP contribution in [-0.4, -0.2) is 40.6 Å². The lowest BCUT2D eigenvalue weighted by molar-refractivity contribution is -0.121. The molecule has 0 atom stereocenters. The third-order valence-corrected chi connectivity index (χ3v) is 4.64. The number of rotatable bonds is 7. The van der Waals surface area contributed by atoms with Crippen molar-refractivity contribution in [2.45, 2.75) is 18.2 Å². The van der Waals surface area contributed by atoms with Gasteiger partial charge < -0.3 is 15.5 Å². The molecule has 1 rings (SSSR count). The van der Waals surface area contributed by atoms with Crippen molar-refractivity contribution in [1.82, 2.24) is 5.32 Å². The maximum atomic E-state index is 11.6. The van der Waals surface area contributed by atoms with Gasteiger partial charge >= 0.3 is 0 Å². The van der Waals surface area contributed by atoms with Crippen molar-refractivity contribution in [3.05, 3.63) is 21.3 Å². The van der Waals surface area contributed by atoms with E-state index < -0.39 is 5.54 Å². The third kappa shape index (κ3) is 5.16. The highest BCUT2D eigenvalue weighted by Crippen LogP contribution is 2.25. The summed E-state index contributed by atoms with van der Waals surface area (Å²) in [5.41, 5.74) is -0.954. The van der Waals surface area contributed by atoms with E-state index in [-0.39, 0.29) is 24.9 Å². The van der Waals surface area contributed by atoms with Gasteiger partial charge in [-0.25, -0.2) is 0 Å². The van der Waals surface area contributed by atoms with E-state index >= 15 is 0 Å². The van der Waals surface area contributed by atoms with Gasteiger partial charge in [-0.05, 0) is 19.1 Å². The molecule has 0 aromatic carbocycles. The van der Waals surface area contributed by atoms with Gasteiger partial charge in [0.15, 0.2) is 0 Å². The molecule has 0 radical (unpaired) electrons. The molecule has 0 saturated heterocycles. The quantitative estimate of drug-likeness (QED) is 0.714. The SMILES string of the molecule is CC(CO)(CO)NC(=O)CSCc1ccc(Cl)s1. The summed E-state index contributed by atoms with van der Waals surface area (Å²) in [6.45, 7) is 1.01. The van der Waals surface area contributed by atoms with Crippen molar-refractivity contribution in [2.75, 3.05) is 19.0 Å². The Labute approximate surface area is 119 Å². The van der Waals surface area contributed by atoms with E-state index in [1.54, 1.807) is 6.92 Å². The Morgan fingerprint density at radius 3 is 2.67 bits per heavy atom. The number of amides is 1. The molecule has 4 nitrogen and oxygen atoms in total. The Morgan fingerprint density at radius 1 is 1.50 bits per heavy atom. The van der Waals surface area contributed by atoms with Crippen molar-refractivity contribution in [2.24, 2.45) is 0 Å². The first kappa shape index (κ1) is 15.8. The number of nitrogens with one attached hydrogen (secondary N) is 1. The fraction of sp³-hybridized carbons (Fsp3) is 0.545. The number of hydrogen-bond acceptors (Lipinski definition) is 5. The van der Waals surface area contributed by atoms with Crippen molar-refractivity contribution in [1.29, 1.82) is 0 Å². The zero-order valence-corrected chi connectivity index (χ0v) is 12.4. The third-order valence-electron chi connectivity index (χ3n) is 2.25. The van der Waals surface area contributed by atoms with Crippen LogP contribution in [0.3, 0.4) is 0 Å². The molecular weight excluding hydrogens is 294 g/mol. The van der Waals surface area contributed by atoms with Crippen LogP contribution in [0.4, 0.5) is 0 Å². The zero-order valence-electron chi connectivity index (χ0n) is 9.98. The topological polar surface area (TPSA) is 69.6 Å². The first-order valence-electron chi connectivity index (χ1n) is 5.34. The molecule has 7 heteroatoms. The average molecular weight is 310 g/mol. The number of hydrogen-bond donors (Lipinski definition) is 3. The Bertz CT molecular complexity index is 393. The monoisotopic (exact) mass is 309 g/mol. The van der Waals surface area contributed by atoms with Crippen LogP contribution in [0.2, 0.25) is 4.34 Å². The van der Waals surface area contributed by atoms with Gasteiger partial charge in [0.2, 0.25) is 5.91 Å². The lowest BCUT2D eigenvalue weighted by Crippen LogP contribution is -2.52. The number of carbonyl (C=O) groups excluding carboxylic acids is 1. The molecule has 0 spiro atoms. The Hall–Kier alpha value is -0.270. The Morgan fingerprint density at radius 2 is 2.17 bits per heavy atom. The van der Waals surface area contributed by atoms with Gasteiger partial charge in [0.05, 0.1) is 28.8 Å². The zero-order chi connectivity index (χ0) is 13.6. The molecule has 0 unspecified atom stereocenters. The van der Waals surface area contributed by atoms with Gasteiger partial charge in [0.25, 0.3) is 0 Å². The van der Waals surface area contributed by atoms with Crippen LogP contribution in [0.5, 0.6) is 0 Å². The van der Waals surface area contributed by atoms with Gasteiger partial charge in [0.1, 0.15) is 0 Å².